The lowest BCUT2D eigenvalue weighted by molar-refractivity contribution is 0.580. The molecule has 0 radical (unpaired) electrons. The summed E-state index contributed by atoms with van der Waals surface area (Å²) in [5, 5.41) is 12.3. The van der Waals surface area contributed by atoms with Crippen molar-refractivity contribution in [2.24, 2.45) is 0 Å². The van der Waals surface area contributed by atoms with Crippen LogP contribution in [0.4, 0.5) is 0 Å². The minimum absolute atomic E-state index is 0.129. The molecule has 0 aliphatic rings. The Balaban J connectivity index is 1.76. The van der Waals surface area contributed by atoms with Gasteiger partial charge in [-0.2, -0.15) is 9.61 Å². The number of benzene rings is 1. The van der Waals surface area contributed by atoms with Gasteiger partial charge in [0.05, 0.1) is 11.4 Å². The molecule has 0 bridgehead atoms. The number of sulfonamides is 1. The van der Waals surface area contributed by atoms with E-state index < -0.39 is 10.0 Å². The second kappa shape index (κ2) is 4.93. The van der Waals surface area contributed by atoms with Gasteiger partial charge in [0, 0.05) is 0 Å². The van der Waals surface area contributed by atoms with Crippen LogP contribution in [-0.2, 0) is 16.6 Å². The van der Waals surface area contributed by atoms with Crippen LogP contribution in [0.5, 0.6) is 0 Å². The van der Waals surface area contributed by atoms with E-state index in [4.69, 9.17) is 0 Å². The Kier molecular flexibility index (Phi) is 3.24. The smallest absolute Gasteiger partial charge is 0.207 e. The summed E-state index contributed by atoms with van der Waals surface area (Å²) in [6.07, 6.45) is 1.48. The van der Waals surface area contributed by atoms with Crippen molar-refractivity contribution in [1.29, 1.82) is 0 Å². The normalized spacial score (nSPS) is 12.1. The highest BCUT2D eigenvalue weighted by atomic mass is 32.2. The molecule has 0 amide bonds. The first-order valence-electron chi connectivity index (χ1n) is 5.77. The molecular formula is C11H11N5O2S2. The molecule has 2 aromatic heterocycles. The molecule has 20 heavy (non-hydrogen) atoms. The molecule has 0 atom stereocenters. The van der Waals surface area contributed by atoms with Crippen LogP contribution in [0.15, 0.2) is 35.5 Å². The summed E-state index contributed by atoms with van der Waals surface area (Å²) < 4.78 is 28.2. The lowest BCUT2D eigenvalue weighted by atomic mass is 10.2. The Morgan fingerprint density at radius 3 is 2.75 bits per heavy atom. The van der Waals surface area contributed by atoms with Crippen molar-refractivity contribution < 1.29 is 8.42 Å². The van der Waals surface area contributed by atoms with E-state index in [1.807, 2.05) is 6.92 Å². The van der Waals surface area contributed by atoms with Gasteiger partial charge in [0.1, 0.15) is 11.3 Å². The number of aryl methyl sites for hydroxylation is 1. The van der Waals surface area contributed by atoms with Crippen molar-refractivity contribution in [2.75, 3.05) is 0 Å². The Morgan fingerprint density at radius 2 is 2.05 bits per heavy atom. The maximum atomic E-state index is 12.1. The highest BCUT2D eigenvalue weighted by molar-refractivity contribution is 7.89. The van der Waals surface area contributed by atoms with Crippen molar-refractivity contribution in [3.8, 4) is 0 Å². The lowest BCUT2D eigenvalue weighted by Crippen LogP contribution is -2.23. The number of nitrogens with zero attached hydrogens (tertiary/aromatic N) is 4. The number of hydrogen-bond acceptors (Lipinski definition) is 6. The summed E-state index contributed by atoms with van der Waals surface area (Å²) in [5.41, 5.74) is 1.01. The summed E-state index contributed by atoms with van der Waals surface area (Å²) in [4.78, 5) is 0.876. The third-order valence-corrected chi connectivity index (χ3v) is 5.00. The zero-order valence-electron chi connectivity index (χ0n) is 10.5. The predicted octanol–water partition coefficient (Wildman–Crippen LogP) is 0.973. The van der Waals surface area contributed by atoms with E-state index in [0.717, 1.165) is 5.56 Å². The summed E-state index contributed by atoms with van der Waals surface area (Å²) in [6.45, 7) is 2.04. The van der Waals surface area contributed by atoms with Crippen LogP contribution in [0.2, 0.25) is 0 Å². The van der Waals surface area contributed by atoms with Crippen LogP contribution in [0.25, 0.3) is 4.96 Å². The summed E-state index contributed by atoms with van der Waals surface area (Å²) in [6, 6.07) is 6.68. The number of hydrogen-bond donors (Lipinski definition) is 1. The van der Waals surface area contributed by atoms with Crippen molar-refractivity contribution in [1.82, 2.24) is 24.5 Å². The molecule has 2 heterocycles. The van der Waals surface area contributed by atoms with Crippen LogP contribution in [0.1, 0.15) is 10.6 Å². The van der Waals surface area contributed by atoms with E-state index in [2.05, 4.69) is 20.0 Å². The van der Waals surface area contributed by atoms with Crippen LogP contribution in [0, 0.1) is 6.92 Å². The first-order chi connectivity index (χ1) is 9.54. The van der Waals surface area contributed by atoms with E-state index in [1.165, 1.54) is 22.2 Å². The molecule has 0 spiro atoms. The van der Waals surface area contributed by atoms with Gasteiger partial charge in [0.25, 0.3) is 0 Å². The van der Waals surface area contributed by atoms with Crippen LogP contribution < -0.4 is 4.72 Å². The molecule has 0 aliphatic carbocycles. The first-order valence-corrected chi connectivity index (χ1v) is 8.07. The van der Waals surface area contributed by atoms with E-state index in [9.17, 15) is 8.42 Å². The third-order valence-electron chi connectivity index (χ3n) is 2.67. The van der Waals surface area contributed by atoms with E-state index in [0.29, 0.717) is 9.97 Å². The fourth-order valence-electron chi connectivity index (χ4n) is 1.63. The average Bonchev–Trinajstić information content (AvgIpc) is 2.97. The minimum Gasteiger partial charge on any atom is -0.207 e. The molecule has 1 N–H and O–H groups in total. The third kappa shape index (κ3) is 2.55. The van der Waals surface area contributed by atoms with Crippen molar-refractivity contribution in [3.05, 3.63) is 41.2 Å². The average molecular weight is 309 g/mol. The van der Waals surface area contributed by atoms with Gasteiger partial charge in [0.2, 0.25) is 15.0 Å². The number of nitrogens with one attached hydrogen (secondary N) is 1. The molecule has 0 saturated carbocycles. The highest BCUT2D eigenvalue weighted by Crippen LogP contribution is 2.14. The second-order valence-corrected chi connectivity index (χ2v) is 7.00. The molecule has 0 aliphatic heterocycles. The molecule has 0 saturated heterocycles. The molecular weight excluding hydrogens is 298 g/mol. The van der Waals surface area contributed by atoms with Crippen molar-refractivity contribution in [3.63, 3.8) is 0 Å². The fourth-order valence-corrected chi connectivity index (χ4v) is 3.46. The van der Waals surface area contributed by atoms with Gasteiger partial charge in [-0.15, -0.1) is 10.2 Å². The van der Waals surface area contributed by atoms with Gasteiger partial charge in [0.15, 0.2) is 0 Å². The molecule has 1 aromatic carbocycles. The van der Waals surface area contributed by atoms with E-state index in [-0.39, 0.29) is 11.4 Å². The molecule has 7 nitrogen and oxygen atoms in total. The molecule has 3 aromatic rings. The molecule has 9 heteroatoms. The standard InChI is InChI=1S/C11H11N5O2S2/c1-8-2-4-9(5-3-8)20(17,18)13-6-10-15-16-7-12-14-11(16)19-10/h2-5,7,13H,6H2,1H3. The molecule has 0 fully saturated rings. The van der Waals surface area contributed by atoms with Gasteiger partial charge >= 0.3 is 0 Å². The Bertz CT molecular complexity index is 807. The lowest BCUT2D eigenvalue weighted by Gasteiger charge is -2.05. The Morgan fingerprint density at radius 1 is 1.30 bits per heavy atom. The Labute approximate surface area is 119 Å². The fraction of sp³-hybridized carbons (Fsp3) is 0.182. The van der Waals surface area contributed by atoms with Gasteiger partial charge < -0.3 is 0 Å². The van der Waals surface area contributed by atoms with Gasteiger partial charge in [-0.25, -0.2) is 13.1 Å². The summed E-state index contributed by atoms with van der Waals surface area (Å²) >= 11 is 1.29. The SMILES string of the molecule is Cc1ccc(S(=O)(=O)NCc2nn3cnnc3s2)cc1. The molecule has 3 rings (SSSR count). The van der Waals surface area contributed by atoms with E-state index >= 15 is 0 Å². The van der Waals surface area contributed by atoms with Crippen molar-refractivity contribution in [2.45, 2.75) is 18.4 Å². The van der Waals surface area contributed by atoms with Crippen LogP contribution in [-0.4, -0.2) is 28.2 Å². The van der Waals surface area contributed by atoms with E-state index in [1.54, 1.807) is 24.3 Å². The predicted molar refractivity (Wildman–Crippen MR) is 73.9 cm³/mol. The van der Waals surface area contributed by atoms with Crippen LogP contribution in [0.3, 0.4) is 0 Å². The zero-order chi connectivity index (χ0) is 14.2. The first kappa shape index (κ1) is 13.2. The highest BCUT2D eigenvalue weighted by Gasteiger charge is 2.15. The molecule has 0 unspecified atom stereocenters. The maximum Gasteiger partial charge on any atom is 0.240 e. The van der Waals surface area contributed by atoms with Crippen molar-refractivity contribution >= 4 is 26.3 Å². The quantitative estimate of drug-likeness (QED) is 0.776. The molecule has 104 valence electrons. The number of aromatic nitrogens is 4. The summed E-state index contributed by atoms with van der Waals surface area (Å²) in [7, 11) is -3.52. The van der Waals surface area contributed by atoms with Crippen LogP contribution >= 0.6 is 11.3 Å². The number of fused-ring (bicyclic) bond motifs is 1. The second-order valence-electron chi connectivity index (χ2n) is 4.19. The number of rotatable bonds is 4. The van der Waals surface area contributed by atoms with Gasteiger partial charge in [-0.05, 0) is 19.1 Å². The van der Waals surface area contributed by atoms with Gasteiger partial charge in [-0.1, -0.05) is 29.0 Å². The Hall–Kier alpha value is -1.84. The van der Waals surface area contributed by atoms with Gasteiger partial charge in [-0.3, -0.25) is 0 Å². The minimum atomic E-state index is -3.52. The topological polar surface area (TPSA) is 89.2 Å². The monoisotopic (exact) mass is 309 g/mol. The summed E-state index contributed by atoms with van der Waals surface area (Å²) in [5.74, 6) is 0. The zero-order valence-corrected chi connectivity index (χ0v) is 12.1. The maximum absolute atomic E-state index is 12.1. The largest absolute Gasteiger partial charge is 0.240 e.